The molecule has 6 nitrogen and oxygen atoms in total. The van der Waals surface area contributed by atoms with Crippen molar-refractivity contribution < 1.29 is 24.2 Å². The quantitative estimate of drug-likeness (QED) is 0.480. The van der Waals surface area contributed by atoms with E-state index in [1.807, 2.05) is 60.7 Å². The number of anilines is 1. The third kappa shape index (κ3) is 6.43. The van der Waals surface area contributed by atoms with Crippen LogP contribution in [0.15, 0.2) is 84.9 Å². The molecule has 0 aliphatic carbocycles. The van der Waals surface area contributed by atoms with Gasteiger partial charge in [-0.15, -0.1) is 0 Å². The molecule has 0 saturated carbocycles. The molecule has 0 saturated heterocycles. The highest BCUT2D eigenvalue weighted by Crippen LogP contribution is 2.32. The van der Waals surface area contributed by atoms with Gasteiger partial charge < -0.3 is 14.6 Å². The third-order valence-corrected chi connectivity index (χ3v) is 4.56. The molecule has 0 heterocycles. The van der Waals surface area contributed by atoms with Crippen LogP contribution in [-0.4, -0.2) is 22.8 Å². The first-order valence-corrected chi connectivity index (χ1v) is 10.3. The van der Waals surface area contributed by atoms with Gasteiger partial charge in [0, 0.05) is 5.69 Å². The van der Waals surface area contributed by atoms with E-state index in [2.05, 4.69) is 5.32 Å². The number of nitrogens with one attached hydrogen (secondary N) is 1. The normalized spacial score (nSPS) is 12.2. The van der Waals surface area contributed by atoms with Gasteiger partial charge in [-0.05, 0) is 49.6 Å². The van der Waals surface area contributed by atoms with Crippen LogP contribution in [0.3, 0.4) is 0 Å². The lowest BCUT2D eigenvalue weighted by Gasteiger charge is -2.24. The lowest BCUT2D eigenvalue weighted by atomic mass is 10.0. The minimum absolute atomic E-state index is 0.462. The van der Waals surface area contributed by atoms with Crippen LogP contribution < -0.4 is 5.32 Å². The minimum Gasteiger partial charge on any atom is -0.479 e. The zero-order valence-electron chi connectivity index (χ0n) is 18.3. The molecule has 1 atom stereocenters. The molecule has 0 aliphatic heterocycles. The summed E-state index contributed by atoms with van der Waals surface area (Å²) in [5.74, 6) is -1.10. The molecule has 0 radical (unpaired) electrons. The zero-order valence-corrected chi connectivity index (χ0v) is 18.3. The second kappa shape index (κ2) is 10.1. The molecule has 0 aliphatic rings. The summed E-state index contributed by atoms with van der Waals surface area (Å²) in [5.41, 5.74) is 2.05. The SMILES string of the molecule is CC(C)(C)OC(=O)Nc1ccc(C(OC(c2ccccc2)c2ccccc2)C(=O)O)cc1. The average molecular weight is 434 g/mol. The first kappa shape index (κ1) is 23.0. The molecule has 6 heteroatoms. The molecule has 1 unspecified atom stereocenters. The van der Waals surface area contributed by atoms with E-state index >= 15 is 0 Å². The monoisotopic (exact) mass is 433 g/mol. The molecule has 1 amide bonds. The van der Waals surface area contributed by atoms with Crippen molar-refractivity contribution in [3.8, 4) is 0 Å². The summed E-state index contributed by atoms with van der Waals surface area (Å²) in [6, 6.07) is 25.5. The van der Waals surface area contributed by atoms with Crippen molar-refractivity contribution in [2.45, 2.75) is 38.6 Å². The van der Waals surface area contributed by atoms with Gasteiger partial charge in [-0.3, -0.25) is 5.32 Å². The van der Waals surface area contributed by atoms with Gasteiger partial charge in [0.15, 0.2) is 6.10 Å². The number of aliphatic carboxylic acids is 1. The van der Waals surface area contributed by atoms with Crippen LogP contribution in [0.2, 0.25) is 0 Å². The molecule has 2 N–H and O–H groups in total. The van der Waals surface area contributed by atoms with Crippen molar-refractivity contribution in [3.05, 3.63) is 102 Å². The van der Waals surface area contributed by atoms with Gasteiger partial charge in [-0.1, -0.05) is 72.8 Å². The molecule has 166 valence electrons. The van der Waals surface area contributed by atoms with Crippen LogP contribution in [0, 0.1) is 0 Å². The van der Waals surface area contributed by atoms with E-state index < -0.39 is 29.9 Å². The molecule has 0 spiro atoms. The van der Waals surface area contributed by atoms with Crippen LogP contribution >= 0.6 is 0 Å². The number of benzene rings is 3. The Kier molecular flexibility index (Phi) is 7.28. The van der Waals surface area contributed by atoms with Crippen LogP contribution in [-0.2, 0) is 14.3 Å². The van der Waals surface area contributed by atoms with Gasteiger partial charge in [0.2, 0.25) is 0 Å². The van der Waals surface area contributed by atoms with Gasteiger partial charge in [0.05, 0.1) is 0 Å². The predicted octanol–water partition coefficient (Wildman–Crippen LogP) is 5.97. The Labute approximate surface area is 187 Å². The van der Waals surface area contributed by atoms with Crippen LogP contribution in [0.5, 0.6) is 0 Å². The number of carboxylic acid groups (broad SMARTS) is 1. The van der Waals surface area contributed by atoms with Crippen molar-refractivity contribution in [3.63, 3.8) is 0 Å². The number of rotatable bonds is 7. The van der Waals surface area contributed by atoms with Crippen molar-refractivity contribution in [1.29, 1.82) is 0 Å². The Hall–Kier alpha value is -3.64. The fraction of sp³-hybridized carbons (Fsp3) is 0.231. The van der Waals surface area contributed by atoms with E-state index in [1.165, 1.54) is 0 Å². The maximum absolute atomic E-state index is 12.1. The molecule has 0 aromatic heterocycles. The third-order valence-electron chi connectivity index (χ3n) is 4.56. The number of amides is 1. The maximum atomic E-state index is 12.1. The highest BCUT2D eigenvalue weighted by Gasteiger charge is 2.27. The Morgan fingerprint density at radius 1 is 0.781 bits per heavy atom. The summed E-state index contributed by atoms with van der Waals surface area (Å²) in [6.45, 7) is 5.33. The van der Waals surface area contributed by atoms with Gasteiger partial charge in [0.1, 0.15) is 11.7 Å². The summed E-state index contributed by atoms with van der Waals surface area (Å²) < 4.78 is 11.4. The van der Waals surface area contributed by atoms with Crippen LogP contribution in [0.1, 0.15) is 49.7 Å². The zero-order chi connectivity index (χ0) is 23.1. The molecular weight excluding hydrogens is 406 g/mol. The molecule has 3 aromatic carbocycles. The van der Waals surface area contributed by atoms with Crippen molar-refractivity contribution in [2.24, 2.45) is 0 Å². The average Bonchev–Trinajstić information content (AvgIpc) is 2.75. The summed E-state index contributed by atoms with van der Waals surface area (Å²) in [5, 5.41) is 12.5. The van der Waals surface area contributed by atoms with Gasteiger partial charge >= 0.3 is 12.1 Å². The Morgan fingerprint density at radius 3 is 1.72 bits per heavy atom. The summed E-state index contributed by atoms with van der Waals surface area (Å²) >= 11 is 0. The lowest BCUT2D eigenvalue weighted by Crippen LogP contribution is -2.27. The minimum atomic E-state index is -1.20. The fourth-order valence-electron chi connectivity index (χ4n) is 3.18. The second-order valence-electron chi connectivity index (χ2n) is 8.30. The Bertz CT molecular complexity index is 988. The van der Waals surface area contributed by atoms with E-state index in [0.717, 1.165) is 11.1 Å². The Balaban J connectivity index is 1.82. The predicted molar refractivity (Wildman–Crippen MR) is 122 cm³/mol. The van der Waals surface area contributed by atoms with Crippen molar-refractivity contribution >= 4 is 17.7 Å². The number of hydrogen-bond acceptors (Lipinski definition) is 4. The molecule has 3 rings (SSSR count). The summed E-state index contributed by atoms with van der Waals surface area (Å²) in [7, 11) is 0. The van der Waals surface area contributed by atoms with Gasteiger partial charge in [-0.2, -0.15) is 0 Å². The Morgan fingerprint density at radius 2 is 1.28 bits per heavy atom. The molecular formula is C26H27NO5. The smallest absolute Gasteiger partial charge is 0.412 e. The summed E-state index contributed by atoms with van der Waals surface area (Å²) in [4.78, 5) is 24.1. The number of carbonyl (C=O) groups is 2. The maximum Gasteiger partial charge on any atom is 0.412 e. The van der Waals surface area contributed by atoms with Crippen LogP contribution in [0.25, 0.3) is 0 Å². The van der Waals surface area contributed by atoms with E-state index in [9.17, 15) is 14.7 Å². The van der Waals surface area contributed by atoms with Crippen LogP contribution in [0.4, 0.5) is 10.5 Å². The number of hydrogen-bond donors (Lipinski definition) is 2. The van der Waals surface area contributed by atoms with E-state index in [1.54, 1.807) is 45.0 Å². The first-order valence-electron chi connectivity index (χ1n) is 10.3. The molecule has 0 fully saturated rings. The van der Waals surface area contributed by atoms with E-state index in [4.69, 9.17) is 9.47 Å². The number of ether oxygens (including phenoxy) is 2. The van der Waals surface area contributed by atoms with Gasteiger partial charge in [-0.25, -0.2) is 9.59 Å². The van der Waals surface area contributed by atoms with Crippen molar-refractivity contribution in [1.82, 2.24) is 0 Å². The standard InChI is InChI=1S/C26H27NO5/c1-26(2,3)32-25(30)27-21-16-14-20(15-17-21)23(24(28)29)31-22(18-10-6-4-7-11-18)19-12-8-5-9-13-19/h4-17,22-23H,1-3H3,(H,27,30)(H,28,29). The van der Waals surface area contributed by atoms with E-state index in [-0.39, 0.29) is 0 Å². The molecule has 32 heavy (non-hydrogen) atoms. The van der Waals surface area contributed by atoms with Crippen molar-refractivity contribution in [2.75, 3.05) is 5.32 Å². The van der Waals surface area contributed by atoms with Gasteiger partial charge in [0.25, 0.3) is 0 Å². The molecule has 0 bridgehead atoms. The number of carbonyl (C=O) groups excluding carboxylic acids is 1. The highest BCUT2D eigenvalue weighted by molar-refractivity contribution is 5.85. The highest BCUT2D eigenvalue weighted by atomic mass is 16.6. The summed E-state index contributed by atoms with van der Waals surface area (Å²) in [6.07, 6.45) is -2.33. The number of carboxylic acids is 1. The van der Waals surface area contributed by atoms with E-state index in [0.29, 0.717) is 11.3 Å². The topological polar surface area (TPSA) is 84.9 Å². The second-order valence-corrected chi connectivity index (χ2v) is 8.30. The fourth-order valence-corrected chi connectivity index (χ4v) is 3.18. The first-order chi connectivity index (χ1) is 15.2. The lowest BCUT2D eigenvalue weighted by molar-refractivity contribution is -0.153. The molecule has 3 aromatic rings. The largest absolute Gasteiger partial charge is 0.479 e.